The summed E-state index contributed by atoms with van der Waals surface area (Å²) < 4.78 is 16.5. The topological polar surface area (TPSA) is 76.8 Å². The van der Waals surface area contributed by atoms with Gasteiger partial charge in [0.05, 0.1) is 19.9 Å². The van der Waals surface area contributed by atoms with Gasteiger partial charge < -0.3 is 24.2 Å². The van der Waals surface area contributed by atoms with E-state index in [-0.39, 0.29) is 5.91 Å². The molecule has 1 saturated heterocycles. The van der Waals surface area contributed by atoms with Gasteiger partial charge in [0, 0.05) is 31.1 Å². The molecular formula is C28H33N3O4. The number of methoxy groups -OCH3 is 2. The quantitative estimate of drug-likeness (QED) is 0.554. The van der Waals surface area contributed by atoms with Crippen molar-refractivity contribution < 1.29 is 18.8 Å². The fraction of sp³-hybridized carbons (Fsp3) is 0.429. The molecular weight excluding hydrogens is 442 g/mol. The van der Waals surface area contributed by atoms with E-state index in [1.807, 2.05) is 53.4 Å². The van der Waals surface area contributed by atoms with Crippen molar-refractivity contribution in [2.75, 3.05) is 33.9 Å². The van der Waals surface area contributed by atoms with Crippen LogP contribution in [0.1, 0.15) is 29.7 Å². The lowest BCUT2D eigenvalue weighted by Gasteiger charge is -2.35. The first-order valence-corrected chi connectivity index (χ1v) is 12.4. The minimum absolute atomic E-state index is 0.229. The number of piperidine rings is 1. The van der Waals surface area contributed by atoms with E-state index in [1.54, 1.807) is 14.2 Å². The van der Waals surface area contributed by atoms with Crippen LogP contribution < -0.4 is 14.8 Å². The zero-order chi connectivity index (χ0) is 24.2. The molecule has 0 radical (unpaired) electrons. The number of ether oxygens (including phenoxy) is 2. The van der Waals surface area contributed by atoms with Crippen molar-refractivity contribution in [3.63, 3.8) is 0 Å². The molecule has 2 aliphatic heterocycles. The predicted molar refractivity (Wildman–Crippen MR) is 133 cm³/mol. The molecule has 0 bridgehead atoms. The van der Waals surface area contributed by atoms with Gasteiger partial charge in [0.2, 0.25) is 5.91 Å². The maximum atomic E-state index is 13.4. The lowest BCUT2D eigenvalue weighted by Crippen LogP contribution is -2.42. The molecule has 1 fully saturated rings. The third kappa shape index (κ3) is 5.20. The largest absolute Gasteiger partial charge is 0.493 e. The van der Waals surface area contributed by atoms with Crippen LogP contribution in [0.5, 0.6) is 11.5 Å². The molecule has 2 aromatic carbocycles. The Morgan fingerprint density at radius 3 is 2.63 bits per heavy atom. The number of hydrogen-bond acceptors (Lipinski definition) is 6. The number of benzene rings is 2. The van der Waals surface area contributed by atoms with Gasteiger partial charge >= 0.3 is 0 Å². The number of fused-ring (bicyclic) bond motifs is 1. The molecule has 0 saturated carbocycles. The molecule has 0 spiro atoms. The number of nitrogens with one attached hydrogen (secondary N) is 1. The Morgan fingerprint density at radius 1 is 1.09 bits per heavy atom. The van der Waals surface area contributed by atoms with Crippen LogP contribution in [0.4, 0.5) is 0 Å². The highest BCUT2D eigenvalue weighted by Gasteiger charge is 2.31. The maximum Gasteiger partial charge on any atom is 0.223 e. The first-order valence-electron chi connectivity index (χ1n) is 12.4. The molecule has 7 heteroatoms. The average Bonchev–Trinajstić information content (AvgIpc) is 3.37. The Bertz CT molecular complexity index is 1160. The summed E-state index contributed by atoms with van der Waals surface area (Å²) in [6.07, 6.45) is 3.20. The van der Waals surface area contributed by atoms with E-state index < -0.39 is 0 Å². The third-order valence-electron chi connectivity index (χ3n) is 7.36. The minimum Gasteiger partial charge on any atom is -0.493 e. The van der Waals surface area contributed by atoms with E-state index >= 15 is 0 Å². The van der Waals surface area contributed by atoms with Gasteiger partial charge in [0.15, 0.2) is 17.3 Å². The Balaban J connectivity index is 1.23. The lowest BCUT2D eigenvalue weighted by atomic mass is 9.80. The summed E-state index contributed by atoms with van der Waals surface area (Å²) in [6.45, 7) is 3.20. The number of amides is 1. The first-order chi connectivity index (χ1) is 17.1. The lowest BCUT2D eigenvalue weighted by molar-refractivity contribution is -0.133. The second kappa shape index (κ2) is 10.5. The van der Waals surface area contributed by atoms with Gasteiger partial charge in [0.1, 0.15) is 0 Å². The van der Waals surface area contributed by atoms with Crippen molar-refractivity contribution in [2.24, 2.45) is 11.8 Å². The van der Waals surface area contributed by atoms with E-state index in [1.165, 1.54) is 5.56 Å². The minimum atomic E-state index is 0.229. The number of carbonyl (C=O) groups is 1. The predicted octanol–water partition coefficient (Wildman–Crippen LogP) is 4.10. The molecule has 35 heavy (non-hydrogen) atoms. The van der Waals surface area contributed by atoms with Gasteiger partial charge in [-0.05, 0) is 67.4 Å². The van der Waals surface area contributed by atoms with Crippen LogP contribution in [-0.4, -0.2) is 49.8 Å². The first kappa shape index (κ1) is 23.4. The number of hydrogen-bond donors (Lipinski definition) is 1. The molecule has 7 nitrogen and oxygen atoms in total. The molecule has 1 amide bonds. The summed E-state index contributed by atoms with van der Waals surface area (Å²) in [6, 6.07) is 16.1. The second-order valence-corrected chi connectivity index (χ2v) is 9.51. The van der Waals surface area contributed by atoms with Crippen LogP contribution in [0.2, 0.25) is 0 Å². The van der Waals surface area contributed by atoms with E-state index in [0.717, 1.165) is 67.2 Å². The zero-order valence-corrected chi connectivity index (χ0v) is 20.5. The molecule has 2 atom stereocenters. The van der Waals surface area contributed by atoms with E-state index in [0.29, 0.717) is 30.6 Å². The van der Waals surface area contributed by atoms with Gasteiger partial charge in [-0.15, -0.1) is 0 Å². The van der Waals surface area contributed by atoms with Gasteiger partial charge in [0.25, 0.3) is 0 Å². The summed E-state index contributed by atoms with van der Waals surface area (Å²) in [7, 11) is 3.30. The van der Waals surface area contributed by atoms with Crippen molar-refractivity contribution in [3.8, 4) is 22.8 Å². The monoisotopic (exact) mass is 475 g/mol. The van der Waals surface area contributed by atoms with Gasteiger partial charge in [-0.2, -0.15) is 0 Å². The standard InChI is InChI=1S/C28H33N3O4/c1-33-26-13-21-9-11-31(18-23(21)14-27(26)34-2)28(32)15-20-8-10-29-17-22(20)12-24-16-25(35-30-24)19-6-4-3-5-7-19/h3-7,13-14,16,20,22,29H,8-12,15,17-18H2,1-2H3/t20-,22-/m0/s1. The van der Waals surface area contributed by atoms with Crippen LogP contribution in [0.15, 0.2) is 53.1 Å². The van der Waals surface area contributed by atoms with Crippen LogP contribution >= 0.6 is 0 Å². The SMILES string of the molecule is COc1cc2c(cc1OC)CN(C(=O)C[C@@H]1CCNC[C@@H]1Cc1cc(-c3ccccc3)on1)CC2. The van der Waals surface area contributed by atoms with Crippen molar-refractivity contribution in [1.82, 2.24) is 15.4 Å². The van der Waals surface area contributed by atoms with Gasteiger partial charge in [-0.1, -0.05) is 35.5 Å². The number of carbonyl (C=O) groups excluding carboxylic acids is 1. The maximum absolute atomic E-state index is 13.4. The van der Waals surface area contributed by atoms with E-state index in [4.69, 9.17) is 14.0 Å². The molecule has 5 rings (SSSR count). The molecule has 1 N–H and O–H groups in total. The fourth-order valence-electron chi connectivity index (χ4n) is 5.35. The number of rotatable bonds is 7. The van der Waals surface area contributed by atoms with E-state index in [2.05, 4.69) is 10.5 Å². The van der Waals surface area contributed by atoms with Crippen LogP contribution in [-0.2, 0) is 24.2 Å². The summed E-state index contributed by atoms with van der Waals surface area (Å²) >= 11 is 0. The van der Waals surface area contributed by atoms with Crippen LogP contribution in [0.25, 0.3) is 11.3 Å². The van der Waals surface area contributed by atoms with Crippen molar-refractivity contribution in [3.05, 3.63) is 65.4 Å². The normalized spacial score (nSPS) is 19.8. The summed E-state index contributed by atoms with van der Waals surface area (Å²) in [5.41, 5.74) is 4.34. The van der Waals surface area contributed by atoms with Crippen LogP contribution in [0.3, 0.4) is 0 Å². The highest BCUT2D eigenvalue weighted by atomic mass is 16.5. The highest BCUT2D eigenvalue weighted by Crippen LogP contribution is 2.34. The molecule has 184 valence electrons. The fourth-order valence-corrected chi connectivity index (χ4v) is 5.35. The molecule has 1 aromatic heterocycles. The third-order valence-corrected chi connectivity index (χ3v) is 7.36. The zero-order valence-electron chi connectivity index (χ0n) is 20.5. The van der Waals surface area contributed by atoms with Crippen molar-refractivity contribution in [1.29, 1.82) is 0 Å². The molecule has 0 unspecified atom stereocenters. The van der Waals surface area contributed by atoms with Gasteiger partial charge in [-0.3, -0.25) is 4.79 Å². The number of nitrogens with zero attached hydrogens (tertiary/aromatic N) is 2. The van der Waals surface area contributed by atoms with Gasteiger partial charge in [-0.25, -0.2) is 0 Å². The number of aromatic nitrogens is 1. The average molecular weight is 476 g/mol. The van der Waals surface area contributed by atoms with Crippen LogP contribution in [0, 0.1) is 11.8 Å². The Morgan fingerprint density at radius 2 is 1.86 bits per heavy atom. The molecule has 3 aromatic rings. The summed E-state index contributed by atoms with van der Waals surface area (Å²) in [5.74, 6) is 3.15. The summed E-state index contributed by atoms with van der Waals surface area (Å²) in [5, 5.41) is 7.83. The smallest absolute Gasteiger partial charge is 0.223 e. The summed E-state index contributed by atoms with van der Waals surface area (Å²) in [4.78, 5) is 15.4. The second-order valence-electron chi connectivity index (χ2n) is 9.51. The molecule has 2 aliphatic rings. The Labute approximate surface area is 206 Å². The van der Waals surface area contributed by atoms with Crippen molar-refractivity contribution in [2.45, 2.75) is 32.2 Å². The Kier molecular flexibility index (Phi) is 7.04. The molecule has 0 aliphatic carbocycles. The van der Waals surface area contributed by atoms with E-state index in [9.17, 15) is 4.79 Å². The molecule has 3 heterocycles. The highest BCUT2D eigenvalue weighted by molar-refractivity contribution is 5.77. The Hall–Kier alpha value is -3.32. The van der Waals surface area contributed by atoms with Crippen molar-refractivity contribution >= 4 is 5.91 Å².